The standard InChI is InChI=1S/C18H16N6O2S/c25-16(4-5-17-22-18(23-26-17)14-6-7-27-10-14)21-15-3-1-2-13(8-15)9-24-12-19-11-20-24/h1-3,6-8,10-12H,4-5,9H2,(H,21,25). The van der Waals surface area contributed by atoms with E-state index in [0.717, 1.165) is 16.8 Å². The predicted octanol–water partition coefficient (Wildman–Crippen LogP) is 3.01. The van der Waals surface area contributed by atoms with Crippen molar-refractivity contribution in [3.05, 3.63) is 65.2 Å². The third-order valence-electron chi connectivity index (χ3n) is 3.84. The van der Waals surface area contributed by atoms with Crippen molar-refractivity contribution in [1.82, 2.24) is 24.9 Å². The lowest BCUT2D eigenvalue weighted by molar-refractivity contribution is -0.116. The number of thiophene rings is 1. The van der Waals surface area contributed by atoms with Gasteiger partial charge in [0.05, 0.1) is 6.54 Å². The van der Waals surface area contributed by atoms with Crippen molar-refractivity contribution < 1.29 is 9.32 Å². The Morgan fingerprint density at radius 3 is 3.07 bits per heavy atom. The minimum atomic E-state index is -0.108. The molecule has 0 saturated heterocycles. The quantitative estimate of drug-likeness (QED) is 0.529. The van der Waals surface area contributed by atoms with Gasteiger partial charge >= 0.3 is 0 Å². The second-order valence-corrected chi connectivity index (χ2v) is 6.65. The first-order valence-electron chi connectivity index (χ1n) is 8.32. The van der Waals surface area contributed by atoms with Crippen LogP contribution in [0.15, 0.2) is 58.3 Å². The molecule has 0 saturated carbocycles. The van der Waals surface area contributed by atoms with Gasteiger partial charge in [-0.25, -0.2) is 9.67 Å². The van der Waals surface area contributed by atoms with Crippen LogP contribution in [0.5, 0.6) is 0 Å². The highest BCUT2D eigenvalue weighted by atomic mass is 32.1. The van der Waals surface area contributed by atoms with Gasteiger partial charge in [-0.2, -0.15) is 21.4 Å². The average Bonchev–Trinajstić information content (AvgIpc) is 3.42. The van der Waals surface area contributed by atoms with E-state index in [4.69, 9.17) is 4.52 Å². The van der Waals surface area contributed by atoms with Gasteiger partial charge < -0.3 is 9.84 Å². The first-order valence-corrected chi connectivity index (χ1v) is 9.27. The summed E-state index contributed by atoms with van der Waals surface area (Å²) in [6, 6.07) is 9.57. The summed E-state index contributed by atoms with van der Waals surface area (Å²) in [5, 5.41) is 14.8. The number of aryl methyl sites for hydroxylation is 1. The van der Waals surface area contributed by atoms with E-state index in [0.29, 0.717) is 24.7 Å². The lowest BCUT2D eigenvalue weighted by Gasteiger charge is -2.07. The molecule has 0 aliphatic rings. The number of amides is 1. The monoisotopic (exact) mass is 380 g/mol. The number of benzene rings is 1. The van der Waals surface area contributed by atoms with Crippen molar-refractivity contribution in [2.45, 2.75) is 19.4 Å². The molecule has 1 aromatic carbocycles. The summed E-state index contributed by atoms with van der Waals surface area (Å²) >= 11 is 1.57. The number of hydrogen-bond acceptors (Lipinski definition) is 7. The third kappa shape index (κ3) is 4.45. The minimum Gasteiger partial charge on any atom is -0.339 e. The molecule has 8 nitrogen and oxygen atoms in total. The molecule has 3 heterocycles. The fourth-order valence-electron chi connectivity index (χ4n) is 2.56. The summed E-state index contributed by atoms with van der Waals surface area (Å²) in [6.07, 6.45) is 3.80. The lowest BCUT2D eigenvalue weighted by atomic mass is 10.2. The molecule has 0 fully saturated rings. The zero-order chi connectivity index (χ0) is 18.5. The Hall–Kier alpha value is -3.33. The number of carbonyl (C=O) groups is 1. The Balaban J connectivity index is 1.32. The Kier molecular flexibility index (Phi) is 5.01. The molecule has 3 aromatic heterocycles. The van der Waals surface area contributed by atoms with Gasteiger partial charge in [0.15, 0.2) is 0 Å². The van der Waals surface area contributed by atoms with Crippen LogP contribution in [-0.2, 0) is 17.8 Å². The first-order chi connectivity index (χ1) is 13.3. The van der Waals surface area contributed by atoms with Crippen molar-refractivity contribution in [2.24, 2.45) is 0 Å². The van der Waals surface area contributed by atoms with Crippen molar-refractivity contribution in [3.63, 3.8) is 0 Å². The molecular weight excluding hydrogens is 364 g/mol. The summed E-state index contributed by atoms with van der Waals surface area (Å²) in [4.78, 5) is 20.5. The molecule has 0 radical (unpaired) electrons. The highest BCUT2D eigenvalue weighted by Gasteiger charge is 2.11. The molecule has 27 heavy (non-hydrogen) atoms. The van der Waals surface area contributed by atoms with E-state index in [-0.39, 0.29) is 12.3 Å². The number of anilines is 1. The average molecular weight is 380 g/mol. The van der Waals surface area contributed by atoms with Crippen LogP contribution in [0, 0.1) is 0 Å². The number of rotatable bonds is 7. The fraction of sp³-hybridized carbons (Fsp3) is 0.167. The van der Waals surface area contributed by atoms with Gasteiger partial charge in [0.25, 0.3) is 0 Å². The summed E-state index contributed by atoms with van der Waals surface area (Å²) in [5.41, 5.74) is 2.68. The fourth-order valence-corrected chi connectivity index (χ4v) is 3.19. The summed E-state index contributed by atoms with van der Waals surface area (Å²) in [5.74, 6) is 0.891. The highest BCUT2D eigenvalue weighted by Crippen LogP contribution is 2.19. The molecule has 1 N–H and O–H groups in total. The SMILES string of the molecule is O=C(CCc1nc(-c2ccsc2)no1)Nc1cccc(Cn2cncn2)c1. The maximum atomic E-state index is 12.2. The van der Waals surface area contributed by atoms with Crippen molar-refractivity contribution in [1.29, 1.82) is 0 Å². The molecule has 0 aliphatic carbocycles. The predicted molar refractivity (Wildman–Crippen MR) is 100 cm³/mol. The van der Waals surface area contributed by atoms with E-state index in [1.165, 1.54) is 6.33 Å². The number of aromatic nitrogens is 5. The van der Waals surface area contributed by atoms with Crippen LogP contribution in [-0.4, -0.2) is 30.8 Å². The molecule has 9 heteroatoms. The molecule has 4 aromatic rings. The van der Waals surface area contributed by atoms with Crippen LogP contribution in [0.2, 0.25) is 0 Å². The van der Waals surface area contributed by atoms with Crippen LogP contribution in [0.4, 0.5) is 5.69 Å². The molecule has 0 atom stereocenters. The van der Waals surface area contributed by atoms with Gasteiger partial charge in [-0.15, -0.1) is 0 Å². The van der Waals surface area contributed by atoms with Gasteiger partial charge in [0, 0.05) is 29.5 Å². The van der Waals surface area contributed by atoms with Crippen molar-refractivity contribution in [3.8, 4) is 11.4 Å². The van der Waals surface area contributed by atoms with Gasteiger partial charge in [0.2, 0.25) is 17.6 Å². The lowest BCUT2D eigenvalue weighted by Crippen LogP contribution is -2.12. The van der Waals surface area contributed by atoms with E-state index in [9.17, 15) is 4.79 Å². The van der Waals surface area contributed by atoms with Crippen molar-refractivity contribution >= 4 is 22.9 Å². The second-order valence-electron chi connectivity index (χ2n) is 5.87. The van der Waals surface area contributed by atoms with Gasteiger partial charge in [-0.1, -0.05) is 17.3 Å². The number of carbonyl (C=O) groups excluding carboxylic acids is 1. The number of nitrogens with zero attached hydrogens (tertiary/aromatic N) is 5. The van der Waals surface area contributed by atoms with E-state index in [1.54, 1.807) is 22.3 Å². The Morgan fingerprint density at radius 2 is 2.26 bits per heavy atom. The van der Waals surface area contributed by atoms with Crippen LogP contribution < -0.4 is 5.32 Å². The summed E-state index contributed by atoms with van der Waals surface area (Å²) < 4.78 is 6.94. The number of nitrogens with one attached hydrogen (secondary N) is 1. The van der Waals surface area contributed by atoms with Gasteiger partial charge in [-0.05, 0) is 29.1 Å². The second kappa shape index (κ2) is 7.92. The molecular formula is C18H16N6O2S. The smallest absolute Gasteiger partial charge is 0.227 e. The topological polar surface area (TPSA) is 98.7 Å². The zero-order valence-corrected chi connectivity index (χ0v) is 15.1. The van der Waals surface area contributed by atoms with E-state index in [1.807, 2.05) is 41.1 Å². The first kappa shape index (κ1) is 17.1. The Labute approximate surface area is 158 Å². The van der Waals surface area contributed by atoms with Crippen LogP contribution in [0.1, 0.15) is 17.9 Å². The Bertz CT molecular complexity index is 1010. The number of hydrogen-bond donors (Lipinski definition) is 1. The van der Waals surface area contributed by atoms with E-state index >= 15 is 0 Å². The zero-order valence-electron chi connectivity index (χ0n) is 14.3. The molecule has 0 bridgehead atoms. The van der Waals surface area contributed by atoms with Crippen LogP contribution >= 0.6 is 11.3 Å². The molecule has 136 valence electrons. The third-order valence-corrected chi connectivity index (χ3v) is 4.52. The molecule has 0 spiro atoms. The summed E-state index contributed by atoms with van der Waals surface area (Å²) in [6.45, 7) is 0.594. The highest BCUT2D eigenvalue weighted by molar-refractivity contribution is 7.08. The largest absolute Gasteiger partial charge is 0.339 e. The molecule has 1 amide bonds. The summed E-state index contributed by atoms with van der Waals surface area (Å²) in [7, 11) is 0. The van der Waals surface area contributed by atoms with Gasteiger partial charge in [0.1, 0.15) is 12.7 Å². The van der Waals surface area contributed by atoms with Crippen LogP contribution in [0.3, 0.4) is 0 Å². The molecule has 4 rings (SSSR count). The maximum Gasteiger partial charge on any atom is 0.227 e. The Morgan fingerprint density at radius 1 is 1.30 bits per heavy atom. The maximum absolute atomic E-state index is 12.2. The molecule has 0 aliphatic heterocycles. The molecule has 0 unspecified atom stereocenters. The van der Waals surface area contributed by atoms with Gasteiger partial charge in [-0.3, -0.25) is 4.79 Å². The van der Waals surface area contributed by atoms with E-state index < -0.39 is 0 Å². The van der Waals surface area contributed by atoms with Crippen LogP contribution in [0.25, 0.3) is 11.4 Å². The van der Waals surface area contributed by atoms with E-state index in [2.05, 4.69) is 25.5 Å². The normalized spacial score (nSPS) is 10.8. The minimum absolute atomic E-state index is 0.108. The van der Waals surface area contributed by atoms with Crippen molar-refractivity contribution in [2.75, 3.05) is 5.32 Å².